The second-order valence-electron chi connectivity index (χ2n) is 7.59. The molecule has 1 rings (SSSR count). The van der Waals surface area contributed by atoms with Crippen molar-refractivity contribution in [2.24, 2.45) is 35.9 Å². The third-order valence-electron chi connectivity index (χ3n) is 5.09. The van der Waals surface area contributed by atoms with E-state index in [2.05, 4.69) is 40.7 Å². The van der Waals surface area contributed by atoms with Crippen LogP contribution in [0.3, 0.4) is 0 Å². The summed E-state index contributed by atoms with van der Waals surface area (Å²) in [6.45, 7) is 14.4. The number of aromatic nitrogens is 2. The van der Waals surface area contributed by atoms with Gasteiger partial charge in [0.2, 0.25) is 0 Å². The van der Waals surface area contributed by atoms with E-state index in [0.29, 0.717) is 17.3 Å². The van der Waals surface area contributed by atoms with E-state index in [9.17, 15) is 9.59 Å². The molecule has 162 valence electrons. The Morgan fingerprint density at radius 2 is 1.76 bits per heavy atom. The van der Waals surface area contributed by atoms with E-state index in [1.54, 1.807) is 25.7 Å². The zero-order valence-electron chi connectivity index (χ0n) is 19.4. The highest BCUT2D eigenvalue weighted by Crippen LogP contribution is 2.23. The molecule has 1 atom stereocenters. The van der Waals surface area contributed by atoms with E-state index < -0.39 is 0 Å². The van der Waals surface area contributed by atoms with Crippen molar-refractivity contribution in [3.63, 3.8) is 0 Å². The average molecular weight is 421 g/mol. The van der Waals surface area contributed by atoms with Crippen molar-refractivity contribution in [3.05, 3.63) is 38.2 Å². The average Bonchev–Trinajstić information content (AvgIpc) is 2.71. The molecule has 0 saturated heterocycles. The second kappa shape index (κ2) is 11.3. The first kappa shape index (κ1) is 25.1. The molecule has 1 aromatic rings. The SMILES string of the molecule is C/C=C(/CC)N=C(CS/C(=N/c1c(C)c(=O)n(C)c(=O)n1C)C(C)C)C(C)CC. The quantitative estimate of drug-likeness (QED) is 0.455. The molecule has 0 saturated carbocycles. The number of allylic oxidation sites excluding steroid dienone is 2. The van der Waals surface area contributed by atoms with Gasteiger partial charge in [-0.1, -0.05) is 40.7 Å². The Bertz CT molecular complexity index is 883. The maximum absolute atomic E-state index is 12.3. The van der Waals surface area contributed by atoms with Gasteiger partial charge >= 0.3 is 5.69 Å². The van der Waals surface area contributed by atoms with Crippen LogP contribution in [0.4, 0.5) is 5.82 Å². The van der Waals surface area contributed by atoms with Crippen LogP contribution in [0, 0.1) is 18.8 Å². The van der Waals surface area contributed by atoms with E-state index in [4.69, 9.17) is 9.98 Å². The molecule has 1 heterocycles. The molecule has 0 amide bonds. The first-order valence-corrected chi connectivity index (χ1v) is 11.3. The van der Waals surface area contributed by atoms with Crippen LogP contribution in [-0.2, 0) is 14.1 Å². The fourth-order valence-electron chi connectivity index (χ4n) is 2.79. The summed E-state index contributed by atoms with van der Waals surface area (Å²) in [4.78, 5) is 34.3. The van der Waals surface area contributed by atoms with Crippen molar-refractivity contribution in [1.82, 2.24) is 9.13 Å². The predicted molar refractivity (Wildman–Crippen MR) is 127 cm³/mol. The normalized spacial score (nSPS) is 14.6. The zero-order chi connectivity index (χ0) is 22.3. The van der Waals surface area contributed by atoms with Gasteiger partial charge in [0.05, 0.1) is 10.6 Å². The molecule has 29 heavy (non-hydrogen) atoms. The predicted octanol–water partition coefficient (Wildman–Crippen LogP) is 4.61. The third kappa shape index (κ3) is 6.29. The fourth-order valence-corrected chi connectivity index (χ4v) is 3.92. The van der Waals surface area contributed by atoms with Gasteiger partial charge in [-0.25, -0.2) is 9.79 Å². The van der Waals surface area contributed by atoms with E-state index in [1.807, 2.05) is 6.92 Å². The topological polar surface area (TPSA) is 68.7 Å². The number of hydrogen-bond donors (Lipinski definition) is 0. The second-order valence-corrected chi connectivity index (χ2v) is 8.59. The Morgan fingerprint density at radius 3 is 2.24 bits per heavy atom. The summed E-state index contributed by atoms with van der Waals surface area (Å²) in [5, 5.41) is 0.894. The molecule has 0 bridgehead atoms. The molecule has 0 radical (unpaired) electrons. The first-order valence-electron chi connectivity index (χ1n) is 10.3. The Balaban J connectivity index is 3.36. The van der Waals surface area contributed by atoms with Crippen LogP contribution in [-0.4, -0.2) is 25.6 Å². The smallest absolute Gasteiger partial charge is 0.281 e. The molecule has 1 aromatic heterocycles. The molecule has 0 spiro atoms. The van der Waals surface area contributed by atoms with E-state index in [1.165, 1.54) is 11.6 Å². The van der Waals surface area contributed by atoms with Gasteiger partial charge in [-0.3, -0.25) is 18.9 Å². The molecule has 0 aromatic carbocycles. The molecule has 0 aliphatic heterocycles. The summed E-state index contributed by atoms with van der Waals surface area (Å²) < 4.78 is 2.56. The highest BCUT2D eigenvalue weighted by Gasteiger charge is 2.17. The highest BCUT2D eigenvalue weighted by atomic mass is 32.2. The molecular weight excluding hydrogens is 384 g/mol. The minimum atomic E-state index is -0.366. The molecule has 1 unspecified atom stereocenters. The third-order valence-corrected chi connectivity index (χ3v) is 6.39. The molecule has 0 aliphatic rings. The number of nitrogens with zero attached hydrogens (tertiary/aromatic N) is 4. The monoisotopic (exact) mass is 420 g/mol. The van der Waals surface area contributed by atoms with Crippen molar-refractivity contribution in [2.75, 3.05) is 5.75 Å². The van der Waals surface area contributed by atoms with Crippen molar-refractivity contribution in [2.45, 2.75) is 61.3 Å². The fraction of sp³-hybridized carbons (Fsp3) is 0.636. The molecular formula is C22H36N4O2S. The summed E-state index contributed by atoms with van der Waals surface area (Å²) in [5.41, 5.74) is 2.05. The number of thioether (sulfide) groups is 1. The van der Waals surface area contributed by atoms with Crippen LogP contribution in [0.2, 0.25) is 0 Å². The van der Waals surface area contributed by atoms with E-state index >= 15 is 0 Å². The van der Waals surface area contributed by atoms with E-state index in [0.717, 1.165) is 39.6 Å². The van der Waals surface area contributed by atoms with Crippen LogP contribution in [0.25, 0.3) is 0 Å². The lowest BCUT2D eigenvalue weighted by Crippen LogP contribution is -2.38. The van der Waals surface area contributed by atoms with Crippen LogP contribution in [0.15, 0.2) is 31.3 Å². The zero-order valence-corrected chi connectivity index (χ0v) is 20.2. The van der Waals surface area contributed by atoms with E-state index in [-0.39, 0.29) is 17.2 Å². The lowest BCUT2D eigenvalue weighted by molar-refractivity contribution is 0.680. The summed E-state index contributed by atoms with van der Waals surface area (Å²) in [5.74, 6) is 1.72. The summed E-state index contributed by atoms with van der Waals surface area (Å²) in [6.07, 6.45) is 3.99. The number of hydrogen-bond acceptors (Lipinski definition) is 5. The molecule has 7 heteroatoms. The van der Waals surface area contributed by atoms with Crippen molar-refractivity contribution in [1.29, 1.82) is 0 Å². The van der Waals surface area contributed by atoms with Gasteiger partial charge in [-0.15, -0.1) is 11.8 Å². The Morgan fingerprint density at radius 1 is 1.14 bits per heavy atom. The van der Waals surface area contributed by atoms with Crippen LogP contribution >= 0.6 is 11.8 Å². The largest absolute Gasteiger partial charge is 0.332 e. The van der Waals surface area contributed by atoms with Crippen LogP contribution in [0.5, 0.6) is 0 Å². The number of aliphatic imine (C=N–C) groups is 2. The summed E-state index contributed by atoms with van der Waals surface area (Å²) >= 11 is 1.64. The lowest BCUT2D eigenvalue weighted by atomic mass is 10.0. The van der Waals surface area contributed by atoms with Crippen LogP contribution in [0.1, 0.15) is 59.9 Å². The van der Waals surface area contributed by atoms with Gasteiger partial charge in [0.1, 0.15) is 5.82 Å². The van der Waals surface area contributed by atoms with Gasteiger partial charge in [-0.05, 0) is 32.6 Å². The van der Waals surface area contributed by atoms with Crippen molar-refractivity contribution >= 4 is 28.3 Å². The van der Waals surface area contributed by atoms with Gasteiger partial charge in [0.25, 0.3) is 5.56 Å². The van der Waals surface area contributed by atoms with Gasteiger partial charge in [0.15, 0.2) is 0 Å². The summed E-state index contributed by atoms with van der Waals surface area (Å²) in [6, 6.07) is 0. The summed E-state index contributed by atoms with van der Waals surface area (Å²) in [7, 11) is 3.15. The van der Waals surface area contributed by atoms with Crippen molar-refractivity contribution < 1.29 is 0 Å². The molecule has 0 aliphatic carbocycles. The molecule has 0 N–H and O–H groups in total. The maximum Gasteiger partial charge on any atom is 0.332 e. The van der Waals surface area contributed by atoms with Crippen LogP contribution < -0.4 is 11.2 Å². The van der Waals surface area contributed by atoms with Gasteiger partial charge < -0.3 is 0 Å². The van der Waals surface area contributed by atoms with Gasteiger partial charge in [0, 0.05) is 37.2 Å². The maximum atomic E-state index is 12.3. The lowest BCUT2D eigenvalue weighted by Gasteiger charge is -2.17. The highest BCUT2D eigenvalue weighted by molar-refractivity contribution is 8.14. The first-order chi connectivity index (χ1) is 13.6. The minimum absolute atomic E-state index is 0.170. The number of rotatable bonds is 8. The molecule has 6 nitrogen and oxygen atoms in total. The van der Waals surface area contributed by atoms with Gasteiger partial charge in [-0.2, -0.15) is 0 Å². The Kier molecular flexibility index (Phi) is 9.83. The van der Waals surface area contributed by atoms with Crippen molar-refractivity contribution in [3.8, 4) is 0 Å². The molecule has 0 fully saturated rings. The Labute approximate surface area is 178 Å². The Hall–Kier alpha value is -1.89. The minimum Gasteiger partial charge on any atom is -0.281 e. The standard InChI is InChI=1S/C22H36N4O2S/c1-10-15(6)18(23-17(11-2)12-3)13-29-20(14(4)5)24-19-16(7)21(27)26(9)22(28)25(19)8/h11,14-15H,10,12-13H2,1-9H3/b17-11-,23-18?,24-20+.